The van der Waals surface area contributed by atoms with Crippen molar-refractivity contribution in [3.8, 4) is 0 Å². The highest BCUT2D eigenvalue weighted by atomic mass is 127. The maximum Gasteiger partial charge on any atom is 0.191 e. The van der Waals surface area contributed by atoms with Crippen molar-refractivity contribution < 1.29 is 9.84 Å². The molecular formula is C20H36IN3O2. The monoisotopic (exact) mass is 477 g/mol. The second kappa shape index (κ2) is 15.2. The zero-order chi connectivity index (χ0) is 18.5. The molecule has 0 saturated carbocycles. The summed E-state index contributed by atoms with van der Waals surface area (Å²) in [6, 6.07) is 9.72. The molecule has 26 heavy (non-hydrogen) atoms. The molecule has 1 aromatic carbocycles. The van der Waals surface area contributed by atoms with Gasteiger partial charge in [-0.1, -0.05) is 44.2 Å². The van der Waals surface area contributed by atoms with E-state index in [4.69, 9.17) is 4.74 Å². The molecule has 1 rings (SSSR count). The maximum absolute atomic E-state index is 10.2. The van der Waals surface area contributed by atoms with Crippen LogP contribution in [0.1, 0.15) is 52.2 Å². The topological polar surface area (TPSA) is 65.9 Å². The molecule has 150 valence electrons. The third-order valence-corrected chi connectivity index (χ3v) is 4.05. The van der Waals surface area contributed by atoms with Gasteiger partial charge in [-0.15, -0.1) is 24.0 Å². The first-order valence-corrected chi connectivity index (χ1v) is 9.45. The number of aliphatic imine (C=N–C) groups is 1. The van der Waals surface area contributed by atoms with Crippen LogP contribution in [0.15, 0.2) is 35.3 Å². The Morgan fingerprint density at radius 3 is 2.38 bits per heavy atom. The van der Waals surface area contributed by atoms with Crippen LogP contribution in [0.2, 0.25) is 0 Å². The molecule has 1 aromatic rings. The van der Waals surface area contributed by atoms with Crippen molar-refractivity contribution in [1.82, 2.24) is 10.6 Å². The minimum atomic E-state index is -0.476. The predicted molar refractivity (Wildman–Crippen MR) is 120 cm³/mol. The molecule has 0 radical (unpaired) electrons. The number of ether oxygens (including phenoxy) is 1. The van der Waals surface area contributed by atoms with E-state index in [2.05, 4.69) is 29.5 Å². The Bertz CT molecular complexity index is 483. The van der Waals surface area contributed by atoms with Crippen LogP contribution in [-0.4, -0.2) is 43.4 Å². The summed E-state index contributed by atoms with van der Waals surface area (Å²) in [6.45, 7) is 11.4. The van der Waals surface area contributed by atoms with Crippen molar-refractivity contribution in [2.24, 2.45) is 10.9 Å². The van der Waals surface area contributed by atoms with Crippen LogP contribution < -0.4 is 10.6 Å². The Kier molecular flexibility index (Phi) is 14.7. The van der Waals surface area contributed by atoms with Crippen LogP contribution in [0, 0.1) is 5.92 Å². The number of guanidine groups is 1. The summed E-state index contributed by atoms with van der Waals surface area (Å²) >= 11 is 0. The summed E-state index contributed by atoms with van der Waals surface area (Å²) in [6.07, 6.45) is 1.34. The molecular weight excluding hydrogens is 441 g/mol. The van der Waals surface area contributed by atoms with Gasteiger partial charge in [0.1, 0.15) is 0 Å². The number of nitrogens with one attached hydrogen (secondary N) is 2. The van der Waals surface area contributed by atoms with Gasteiger partial charge in [-0.3, -0.25) is 4.99 Å². The molecule has 6 heteroatoms. The minimum absolute atomic E-state index is 0. The second-order valence-corrected chi connectivity index (χ2v) is 6.43. The molecule has 0 aliphatic rings. The average Bonchev–Trinajstić information content (AvgIpc) is 2.61. The van der Waals surface area contributed by atoms with Gasteiger partial charge in [-0.25, -0.2) is 0 Å². The van der Waals surface area contributed by atoms with Crippen molar-refractivity contribution in [3.63, 3.8) is 0 Å². The first-order chi connectivity index (χ1) is 12.1. The first kappa shape index (κ1) is 25.1. The van der Waals surface area contributed by atoms with Gasteiger partial charge in [0.05, 0.1) is 12.2 Å². The largest absolute Gasteiger partial charge is 0.388 e. The summed E-state index contributed by atoms with van der Waals surface area (Å²) < 4.78 is 5.77. The Labute approximate surface area is 176 Å². The van der Waals surface area contributed by atoms with Crippen LogP contribution in [0.3, 0.4) is 0 Å². The van der Waals surface area contributed by atoms with E-state index in [0.717, 1.165) is 37.6 Å². The molecule has 0 bridgehead atoms. The van der Waals surface area contributed by atoms with Crippen LogP contribution in [0.25, 0.3) is 0 Å². The van der Waals surface area contributed by atoms with Gasteiger partial charge in [0.15, 0.2) is 5.96 Å². The summed E-state index contributed by atoms with van der Waals surface area (Å²) in [7, 11) is 0. The average molecular weight is 477 g/mol. The third-order valence-electron chi connectivity index (χ3n) is 4.05. The van der Waals surface area contributed by atoms with E-state index in [1.807, 2.05) is 44.2 Å². The third kappa shape index (κ3) is 10.3. The highest BCUT2D eigenvalue weighted by Crippen LogP contribution is 2.15. The Morgan fingerprint density at radius 1 is 1.12 bits per heavy atom. The van der Waals surface area contributed by atoms with E-state index in [-0.39, 0.29) is 30.1 Å². The standard InChI is InChI=1S/C20H35N3O2.HI/c1-5-21-20(23-15-13-19(16(3)4)25-6-2)22-14-12-18(24)17-10-8-7-9-11-17;/h7-11,16,18-19,24H,5-6,12-15H2,1-4H3,(H2,21,22,23);1H. The molecule has 0 aromatic heterocycles. The fourth-order valence-electron chi connectivity index (χ4n) is 2.64. The van der Waals surface area contributed by atoms with Crippen molar-refractivity contribution in [3.05, 3.63) is 35.9 Å². The fraction of sp³-hybridized carbons (Fsp3) is 0.650. The van der Waals surface area contributed by atoms with E-state index >= 15 is 0 Å². The van der Waals surface area contributed by atoms with Gasteiger partial charge in [-0.2, -0.15) is 0 Å². The molecule has 0 spiro atoms. The number of halogens is 1. The lowest BCUT2D eigenvalue weighted by molar-refractivity contribution is 0.0258. The van der Waals surface area contributed by atoms with E-state index in [9.17, 15) is 5.11 Å². The molecule has 0 saturated heterocycles. The van der Waals surface area contributed by atoms with Crippen LogP contribution in [-0.2, 0) is 4.74 Å². The Balaban J connectivity index is 0.00000625. The summed E-state index contributed by atoms with van der Waals surface area (Å²) in [5.74, 6) is 1.30. The molecule has 3 N–H and O–H groups in total. The number of nitrogens with zero attached hydrogens (tertiary/aromatic N) is 1. The number of rotatable bonds is 11. The summed E-state index contributed by atoms with van der Waals surface area (Å²) in [4.78, 5) is 4.56. The van der Waals surface area contributed by atoms with Crippen LogP contribution in [0.5, 0.6) is 0 Å². The number of hydrogen-bond donors (Lipinski definition) is 3. The minimum Gasteiger partial charge on any atom is -0.388 e. The second-order valence-electron chi connectivity index (χ2n) is 6.43. The summed E-state index contributed by atoms with van der Waals surface area (Å²) in [5, 5.41) is 16.8. The van der Waals surface area contributed by atoms with Crippen molar-refractivity contribution >= 4 is 29.9 Å². The fourth-order valence-corrected chi connectivity index (χ4v) is 2.64. The smallest absolute Gasteiger partial charge is 0.191 e. The molecule has 0 heterocycles. The molecule has 2 atom stereocenters. The van der Waals surface area contributed by atoms with Crippen LogP contribution >= 0.6 is 24.0 Å². The van der Waals surface area contributed by atoms with Gasteiger partial charge < -0.3 is 20.5 Å². The highest BCUT2D eigenvalue weighted by molar-refractivity contribution is 14.0. The van der Waals surface area contributed by atoms with Crippen molar-refractivity contribution in [2.45, 2.75) is 52.7 Å². The Morgan fingerprint density at radius 2 is 1.81 bits per heavy atom. The van der Waals surface area contributed by atoms with Gasteiger partial charge in [0.2, 0.25) is 0 Å². The number of hydrogen-bond acceptors (Lipinski definition) is 3. The highest BCUT2D eigenvalue weighted by Gasteiger charge is 2.13. The van der Waals surface area contributed by atoms with E-state index in [1.165, 1.54) is 0 Å². The maximum atomic E-state index is 10.2. The van der Waals surface area contributed by atoms with Gasteiger partial charge >= 0.3 is 0 Å². The lowest BCUT2D eigenvalue weighted by atomic mass is 10.0. The molecule has 0 fully saturated rings. The van der Waals surface area contributed by atoms with Gasteiger partial charge in [0.25, 0.3) is 0 Å². The van der Waals surface area contributed by atoms with E-state index in [0.29, 0.717) is 18.9 Å². The number of aliphatic hydroxyl groups excluding tert-OH is 1. The van der Waals surface area contributed by atoms with Gasteiger partial charge in [0, 0.05) is 26.2 Å². The molecule has 0 aliphatic carbocycles. The number of aliphatic hydroxyl groups is 1. The van der Waals surface area contributed by atoms with Crippen molar-refractivity contribution in [2.75, 3.05) is 26.2 Å². The predicted octanol–water partition coefficient (Wildman–Crippen LogP) is 3.73. The first-order valence-electron chi connectivity index (χ1n) is 9.45. The quantitative estimate of drug-likeness (QED) is 0.258. The van der Waals surface area contributed by atoms with E-state index in [1.54, 1.807) is 0 Å². The van der Waals surface area contributed by atoms with E-state index < -0.39 is 6.10 Å². The molecule has 0 amide bonds. The zero-order valence-corrected chi connectivity index (χ0v) is 18.9. The molecule has 0 aliphatic heterocycles. The van der Waals surface area contributed by atoms with Gasteiger partial charge in [-0.05, 0) is 38.2 Å². The number of benzene rings is 1. The SMILES string of the molecule is CCNC(=NCCC(O)c1ccccc1)NCCC(OCC)C(C)C.I. The van der Waals surface area contributed by atoms with Crippen molar-refractivity contribution in [1.29, 1.82) is 0 Å². The normalized spacial score (nSPS) is 13.8. The van der Waals surface area contributed by atoms with Crippen LogP contribution in [0.4, 0.5) is 0 Å². The lowest BCUT2D eigenvalue weighted by Gasteiger charge is -2.21. The molecule has 2 unspecified atom stereocenters. The Hall–Kier alpha value is -0.860. The zero-order valence-electron chi connectivity index (χ0n) is 16.6. The lowest BCUT2D eigenvalue weighted by Crippen LogP contribution is -2.39. The summed E-state index contributed by atoms with van der Waals surface area (Å²) in [5.41, 5.74) is 0.937. The molecule has 5 nitrogen and oxygen atoms in total.